The zero-order valence-corrected chi connectivity index (χ0v) is 20.1. The van der Waals surface area contributed by atoms with E-state index in [0.717, 1.165) is 67.8 Å². The molecule has 1 amide bonds. The third-order valence-electron chi connectivity index (χ3n) is 6.28. The van der Waals surface area contributed by atoms with Gasteiger partial charge in [0, 0.05) is 48.6 Å². The summed E-state index contributed by atoms with van der Waals surface area (Å²) in [6.07, 6.45) is 5.67. The number of aliphatic hydroxyl groups is 1. The standard InChI is InChI=1S/C27H35N5O2/c1-3-12-32(13-4-2)27(34)21-14-19-7-8-20(16-24(19)31-25(28)17-21)26(33)30-22-9-10-23-18(15-22)6-5-11-29-23/h7-10,14-16,27,29,34H,3-6,11-13,17H2,1-2H3,(H2,28,31)(H,30,33). The van der Waals surface area contributed by atoms with E-state index >= 15 is 0 Å². The number of nitrogens with two attached hydrogens (primary N) is 1. The lowest BCUT2D eigenvalue weighted by Crippen LogP contribution is -2.38. The van der Waals surface area contributed by atoms with Gasteiger partial charge in [-0.15, -0.1) is 0 Å². The zero-order valence-electron chi connectivity index (χ0n) is 20.1. The van der Waals surface area contributed by atoms with Crippen molar-refractivity contribution < 1.29 is 9.90 Å². The Kier molecular flexibility index (Phi) is 7.65. The molecule has 1 unspecified atom stereocenters. The molecule has 34 heavy (non-hydrogen) atoms. The summed E-state index contributed by atoms with van der Waals surface area (Å²) in [6, 6.07) is 11.4. The lowest BCUT2D eigenvalue weighted by molar-refractivity contribution is 0.0323. The first kappa shape index (κ1) is 24.0. The predicted octanol–water partition coefficient (Wildman–Crippen LogP) is 4.51. The summed E-state index contributed by atoms with van der Waals surface area (Å²) in [5.74, 6) is 0.239. The second-order valence-electron chi connectivity index (χ2n) is 9.04. The predicted molar refractivity (Wildman–Crippen MR) is 140 cm³/mol. The van der Waals surface area contributed by atoms with Gasteiger partial charge in [-0.05, 0) is 73.2 Å². The van der Waals surface area contributed by atoms with Crippen molar-refractivity contribution in [2.75, 3.05) is 30.3 Å². The van der Waals surface area contributed by atoms with Crippen molar-refractivity contribution in [3.63, 3.8) is 0 Å². The number of carbonyl (C=O) groups excluding carboxylic acids is 1. The number of anilines is 2. The van der Waals surface area contributed by atoms with E-state index < -0.39 is 6.23 Å². The molecular weight excluding hydrogens is 426 g/mol. The Balaban J connectivity index is 1.55. The number of rotatable bonds is 8. The molecule has 2 aromatic rings. The highest BCUT2D eigenvalue weighted by Crippen LogP contribution is 2.30. The largest absolute Gasteiger partial charge is 0.387 e. The van der Waals surface area contributed by atoms with E-state index in [1.165, 1.54) is 5.56 Å². The van der Waals surface area contributed by atoms with Gasteiger partial charge in [-0.1, -0.05) is 19.9 Å². The Morgan fingerprint density at radius 3 is 2.76 bits per heavy atom. The average Bonchev–Trinajstić information content (AvgIpc) is 3.00. The fourth-order valence-electron chi connectivity index (χ4n) is 4.64. The number of aliphatic hydroxyl groups excluding tert-OH is 1. The SMILES string of the molecule is CCCN(CCC)C(O)C1=Cc2ccc(C(=O)Nc3ccc4c(c3)CCCN4)cc2N=C(N)C1. The van der Waals surface area contributed by atoms with E-state index in [1.54, 1.807) is 12.1 Å². The number of aliphatic imine (C=N–C) groups is 1. The Bertz CT molecular complexity index is 1100. The van der Waals surface area contributed by atoms with Gasteiger partial charge < -0.3 is 21.5 Å². The molecule has 2 heterocycles. The van der Waals surface area contributed by atoms with Gasteiger partial charge in [-0.2, -0.15) is 0 Å². The molecule has 4 rings (SSSR count). The van der Waals surface area contributed by atoms with E-state index in [2.05, 4.69) is 34.4 Å². The summed E-state index contributed by atoms with van der Waals surface area (Å²) in [4.78, 5) is 19.6. The van der Waals surface area contributed by atoms with Crippen LogP contribution in [0.4, 0.5) is 17.1 Å². The highest BCUT2D eigenvalue weighted by molar-refractivity contribution is 6.05. The lowest BCUT2D eigenvalue weighted by atomic mass is 10.0. The molecule has 0 aliphatic carbocycles. The molecule has 0 fully saturated rings. The fourth-order valence-corrected chi connectivity index (χ4v) is 4.64. The molecule has 0 bridgehead atoms. The number of aryl methyl sites for hydroxylation is 1. The molecule has 2 aromatic carbocycles. The number of nitrogens with zero attached hydrogens (tertiary/aromatic N) is 2. The zero-order chi connectivity index (χ0) is 24.1. The van der Waals surface area contributed by atoms with Crippen LogP contribution >= 0.6 is 0 Å². The van der Waals surface area contributed by atoms with Crippen molar-refractivity contribution in [2.24, 2.45) is 10.7 Å². The summed E-state index contributed by atoms with van der Waals surface area (Å²) in [5, 5.41) is 17.4. The van der Waals surface area contributed by atoms with Gasteiger partial charge in [0.05, 0.1) is 5.69 Å². The minimum Gasteiger partial charge on any atom is -0.387 e. The molecule has 7 nitrogen and oxygen atoms in total. The number of nitrogens with one attached hydrogen (secondary N) is 2. The molecule has 0 spiro atoms. The van der Waals surface area contributed by atoms with Crippen molar-refractivity contribution in [1.29, 1.82) is 0 Å². The summed E-state index contributed by atoms with van der Waals surface area (Å²) in [5.41, 5.74) is 12.2. The van der Waals surface area contributed by atoms with Crippen LogP contribution in [0.25, 0.3) is 6.08 Å². The van der Waals surface area contributed by atoms with Gasteiger partial charge in [-0.3, -0.25) is 9.69 Å². The van der Waals surface area contributed by atoms with Crippen LogP contribution in [0, 0.1) is 0 Å². The van der Waals surface area contributed by atoms with Crippen LogP contribution in [0.15, 0.2) is 47.0 Å². The minimum absolute atomic E-state index is 0.189. The molecular formula is C27H35N5O2. The van der Waals surface area contributed by atoms with Crippen LogP contribution in [0.3, 0.4) is 0 Å². The van der Waals surface area contributed by atoms with E-state index in [0.29, 0.717) is 23.5 Å². The van der Waals surface area contributed by atoms with Crippen LogP contribution in [0.1, 0.15) is 61.0 Å². The van der Waals surface area contributed by atoms with Gasteiger partial charge in [-0.25, -0.2) is 4.99 Å². The normalized spacial score (nSPS) is 15.9. The van der Waals surface area contributed by atoms with E-state index in [9.17, 15) is 9.90 Å². The van der Waals surface area contributed by atoms with Gasteiger partial charge in [0.15, 0.2) is 0 Å². The van der Waals surface area contributed by atoms with Crippen LogP contribution in [0.5, 0.6) is 0 Å². The maximum Gasteiger partial charge on any atom is 0.255 e. The van der Waals surface area contributed by atoms with Crippen LogP contribution in [0.2, 0.25) is 0 Å². The number of amides is 1. The number of fused-ring (bicyclic) bond motifs is 2. The van der Waals surface area contributed by atoms with Gasteiger partial charge in [0.2, 0.25) is 0 Å². The van der Waals surface area contributed by atoms with Gasteiger partial charge >= 0.3 is 0 Å². The first-order valence-electron chi connectivity index (χ1n) is 12.3. The van der Waals surface area contributed by atoms with Crippen molar-refractivity contribution in [1.82, 2.24) is 4.90 Å². The van der Waals surface area contributed by atoms with Crippen molar-refractivity contribution in [3.8, 4) is 0 Å². The Hall–Kier alpha value is -3.16. The second-order valence-corrected chi connectivity index (χ2v) is 9.04. The van der Waals surface area contributed by atoms with Crippen LogP contribution < -0.4 is 16.4 Å². The van der Waals surface area contributed by atoms with Gasteiger partial charge in [0.25, 0.3) is 5.91 Å². The summed E-state index contributed by atoms with van der Waals surface area (Å²) in [7, 11) is 0. The molecule has 0 radical (unpaired) electrons. The molecule has 180 valence electrons. The van der Waals surface area contributed by atoms with Crippen LogP contribution in [-0.2, 0) is 6.42 Å². The molecule has 2 aliphatic heterocycles. The molecule has 2 aliphatic rings. The highest BCUT2D eigenvalue weighted by Gasteiger charge is 2.22. The second kappa shape index (κ2) is 10.8. The van der Waals surface area contributed by atoms with E-state index in [1.807, 2.05) is 30.3 Å². The minimum atomic E-state index is -0.707. The Morgan fingerprint density at radius 1 is 1.21 bits per heavy atom. The fraction of sp³-hybridized carbons (Fsp3) is 0.407. The Morgan fingerprint density at radius 2 is 2.00 bits per heavy atom. The average molecular weight is 462 g/mol. The topological polar surface area (TPSA) is 103 Å². The quantitative estimate of drug-likeness (QED) is 0.433. The maximum absolute atomic E-state index is 13.0. The Labute approximate surface area is 201 Å². The lowest BCUT2D eigenvalue weighted by Gasteiger charge is -2.28. The van der Waals surface area contributed by atoms with E-state index in [-0.39, 0.29) is 5.91 Å². The smallest absolute Gasteiger partial charge is 0.255 e. The number of amidine groups is 1. The van der Waals surface area contributed by atoms with Crippen molar-refractivity contribution in [2.45, 2.75) is 52.2 Å². The molecule has 1 atom stereocenters. The van der Waals surface area contributed by atoms with Gasteiger partial charge in [0.1, 0.15) is 12.1 Å². The molecule has 0 saturated heterocycles. The molecule has 7 heteroatoms. The van der Waals surface area contributed by atoms with Crippen LogP contribution in [-0.4, -0.2) is 47.6 Å². The number of hydrogen-bond acceptors (Lipinski definition) is 6. The molecule has 5 N–H and O–H groups in total. The molecule has 0 saturated carbocycles. The highest BCUT2D eigenvalue weighted by atomic mass is 16.3. The van der Waals surface area contributed by atoms with Crippen molar-refractivity contribution in [3.05, 3.63) is 58.7 Å². The number of benzene rings is 2. The van der Waals surface area contributed by atoms with E-state index in [4.69, 9.17) is 5.73 Å². The third kappa shape index (κ3) is 5.48. The van der Waals surface area contributed by atoms with Crippen molar-refractivity contribution >= 4 is 34.9 Å². The molecule has 0 aromatic heterocycles. The third-order valence-corrected chi connectivity index (χ3v) is 6.28. The summed E-state index contributed by atoms with van der Waals surface area (Å²) in [6.45, 7) is 6.83. The number of hydrogen-bond donors (Lipinski definition) is 4. The first-order chi connectivity index (χ1) is 16.5. The first-order valence-corrected chi connectivity index (χ1v) is 12.3. The summed E-state index contributed by atoms with van der Waals surface area (Å²) >= 11 is 0. The number of carbonyl (C=O) groups is 1. The summed E-state index contributed by atoms with van der Waals surface area (Å²) < 4.78 is 0. The monoisotopic (exact) mass is 461 g/mol. The maximum atomic E-state index is 13.0.